The quantitative estimate of drug-likeness (QED) is 0.676. The van der Waals surface area contributed by atoms with E-state index in [1.165, 1.54) is 16.8 Å². The highest BCUT2D eigenvalue weighted by Crippen LogP contribution is 2.19. The van der Waals surface area contributed by atoms with Gasteiger partial charge in [-0.3, -0.25) is 9.59 Å². The molecule has 3 rings (SSSR count). The maximum atomic E-state index is 11.8. The first kappa shape index (κ1) is 14.8. The van der Waals surface area contributed by atoms with Gasteiger partial charge in [0.15, 0.2) is 12.4 Å². The van der Waals surface area contributed by atoms with Gasteiger partial charge in [0, 0.05) is 17.8 Å². The number of nitrogens with zero attached hydrogens (tertiary/aromatic N) is 2. The van der Waals surface area contributed by atoms with Crippen LogP contribution in [0.25, 0.3) is 11.3 Å². The van der Waals surface area contributed by atoms with E-state index in [-0.39, 0.29) is 18.7 Å². The average Bonchev–Trinajstić information content (AvgIpc) is 3.05. The van der Waals surface area contributed by atoms with Gasteiger partial charge in [-0.1, -0.05) is 36.4 Å². The lowest BCUT2D eigenvalue weighted by Gasteiger charge is -2.04. The molecule has 23 heavy (non-hydrogen) atoms. The number of oxazole rings is 1. The highest BCUT2D eigenvalue weighted by atomic mass is 16.5. The van der Waals surface area contributed by atoms with Crippen molar-refractivity contribution >= 4 is 5.97 Å². The van der Waals surface area contributed by atoms with Gasteiger partial charge in [-0.2, -0.15) is 0 Å². The molecular weight excluding hydrogens is 296 g/mol. The minimum Gasteiger partial charge on any atom is -0.454 e. The molecule has 6 heteroatoms. The number of benzene rings is 1. The molecule has 0 saturated carbocycles. The molecule has 116 valence electrons. The summed E-state index contributed by atoms with van der Waals surface area (Å²) in [5.41, 5.74) is 0.639. The van der Waals surface area contributed by atoms with E-state index in [4.69, 9.17) is 9.15 Å². The molecule has 0 saturated heterocycles. The largest absolute Gasteiger partial charge is 0.454 e. The first-order chi connectivity index (χ1) is 11.2. The van der Waals surface area contributed by atoms with Crippen LogP contribution in [0, 0.1) is 0 Å². The number of carbonyl (C=O) groups excluding carboxylic acids is 1. The third-order valence-electron chi connectivity index (χ3n) is 3.17. The van der Waals surface area contributed by atoms with Crippen molar-refractivity contribution in [2.75, 3.05) is 0 Å². The molecule has 0 radical (unpaired) electrons. The fourth-order valence-corrected chi connectivity index (χ4v) is 2.03. The molecule has 0 spiro atoms. The zero-order valence-electron chi connectivity index (χ0n) is 12.2. The molecule has 2 aromatic heterocycles. The molecule has 0 aliphatic heterocycles. The van der Waals surface area contributed by atoms with Gasteiger partial charge in [-0.25, -0.2) is 4.98 Å². The normalized spacial score (nSPS) is 10.4. The molecule has 6 nitrogen and oxygen atoms in total. The first-order valence-corrected chi connectivity index (χ1v) is 7.03. The van der Waals surface area contributed by atoms with Gasteiger partial charge in [0.05, 0.1) is 6.20 Å². The van der Waals surface area contributed by atoms with Crippen LogP contribution >= 0.6 is 0 Å². The van der Waals surface area contributed by atoms with E-state index < -0.39 is 5.97 Å². The molecule has 0 aliphatic rings. The Morgan fingerprint density at radius 1 is 1.13 bits per heavy atom. The molecule has 2 heterocycles. The number of rotatable bonds is 5. The lowest BCUT2D eigenvalue weighted by atomic mass is 10.2. The summed E-state index contributed by atoms with van der Waals surface area (Å²) in [6, 6.07) is 14.2. The van der Waals surface area contributed by atoms with Crippen LogP contribution in [-0.2, 0) is 22.7 Å². The number of carbonyl (C=O) groups is 1. The topological polar surface area (TPSA) is 74.3 Å². The number of pyridine rings is 1. The van der Waals surface area contributed by atoms with E-state index >= 15 is 0 Å². The molecule has 0 atom stereocenters. The Kier molecular flexibility index (Phi) is 4.33. The maximum Gasteiger partial charge on any atom is 0.326 e. The second kappa shape index (κ2) is 6.74. The summed E-state index contributed by atoms with van der Waals surface area (Å²) in [6.07, 6.45) is 3.11. The lowest BCUT2D eigenvalue weighted by Crippen LogP contribution is -2.23. The van der Waals surface area contributed by atoms with Crippen molar-refractivity contribution in [2.24, 2.45) is 0 Å². The molecular formula is C17H14N2O4. The van der Waals surface area contributed by atoms with E-state index in [1.54, 1.807) is 18.3 Å². The SMILES string of the molecule is O=C(Cn1ccccc1=O)OCc1ncc(-c2ccccc2)o1. The Balaban J connectivity index is 1.59. The highest BCUT2D eigenvalue weighted by Gasteiger charge is 2.10. The molecule has 0 bridgehead atoms. The van der Waals surface area contributed by atoms with Crippen LogP contribution in [0.3, 0.4) is 0 Å². The summed E-state index contributed by atoms with van der Waals surface area (Å²) >= 11 is 0. The molecule has 0 unspecified atom stereocenters. The zero-order valence-corrected chi connectivity index (χ0v) is 12.2. The van der Waals surface area contributed by atoms with Crippen molar-refractivity contribution in [2.45, 2.75) is 13.2 Å². The molecule has 0 N–H and O–H groups in total. The fraction of sp³-hybridized carbons (Fsp3) is 0.118. The number of hydrogen-bond acceptors (Lipinski definition) is 5. The lowest BCUT2D eigenvalue weighted by molar-refractivity contribution is -0.146. The van der Waals surface area contributed by atoms with E-state index in [0.29, 0.717) is 11.7 Å². The number of esters is 1. The van der Waals surface area contributed by atoms with Crippen molar-refractivity contribution < 1.29 is 13.9 Å². The molecule has 0 amide bonds. The Hall–Kier alpha value is -3.15. The van der Waals surface area contributed by atoms with Crippen LogP contribution in [0.2, 0.25) is 0 Å². The third-order valence-corrected chi connectivity index (χ3v) is 3.17. The minimum absolute atomic E-state index is 0.0761. The van der Waals surface area contributed by atoms with Crippen LogP contribution < -0.4 is 5.56 Å². The van der Waals surface area contributed by atoms with Crippen LogP contribution in [0.1, 0.15) is 5.89 Å². The fourth-order valence-electron chi connectivity index (χ4n) is 2.03. The third kappa shape index (κ3) is 3.74. The van der Waals surface area contributed by atoms with Gasteiger partial charge >= 0.3 is 5.97 Å². The van der Waals surface area contributed by atoms with Crippen LogP contribution in [0.15, 0.2) is 70.1 Å². The van der Waals surface area contributed by atoms with Gasteiger partial charge in [0.2, 0.25) is 5.89 Å². The highest BCUT2D eigenvalue weighted by molar-refractivity contribution is 5.69. The summed E-state index contributed by atoms with van der Waals surface area (Å²) in [4.78, 5) is 27.4. The standard InChI is InChI=1S/C17H14N2O4/c20-16-8-4-5-9-19(16)11-17(21)22-12-15-18-10-14(23-15)13-6-2-1-3-7-13/h1-10H,11-12H2. The second-order valence-corrected chi connectivity index (χ2v) is 4.81. The predicted molar refractivity (Wildman–Crippen MR) is 82.4 cm³/mol. The van der Waals surface area contributed by atoms with Crippen molar-refractivity contribution in [1.82, 2.24) is 9.55 Å². The Bertz CT molecular complexity index is 852. The van der Waals surface area contributed by atoms with Crippen molar-refractivity contribution in [3.63, 3.8) is 0 Å². The first-order valence-electron chi connectivity index (χ1n) is 7.03. The second-order valence-electron chi connectivity index (χ2n) is 4.81. The van der Waals surface area contributed by atoms with Crippen LogP contribution in [0.5, 0.6) is 0 Å². The van der Waals surface area contributed by atoms with Crippen molar-refractivity contribution in [3.05, 3.63) is 77.2 Å². The van der Waals surface area contributed by atoms with E-state index in [0.717, 1.165) is 5.56 Å². The predicted octanol–water partition coefficient (Wildman–Crippen LogP) is 2.25. The van der Waals surface area contributed by atoms with E-state index in [9.17, 15) is 9.59 Å². The summed E-state index contributed by atoms with van der Waals surface area (Å²) in [5.74, 6) is 0.381. The monoisotopic (exact) mass is 310 g/mol. The zero-order chi connectivity index (χ0) is 16.1. The van der Waals surface area contributed by atoms with Crippen LogP contribution in [0.4, 0.5) is 0 Å². The van der Waals surface area contributed by atoms with E-state index in [2.05, 4.69) is 4.98 Å². The van der Waals surface area contributed by atoms with E-state index in [1.807, 2.05) is 30.3 Å². The minimum atomic E-state index is -0.530. The molecule has 0 aliphatic carbocycles. The summed E-state index contributed by atoms with van der Waals surface area (Å²) in [7, 11) is 0. The van der Waals surface area contributed by atoms with Crippen LogP contribution in [-0.4, -0.2) is 15.5 Å². The van der Waals surface area contributed by atoms with Gasteiger partial charge in [-0.05, 0) is 6.07 Å². The number of hydrogen-bond donors (Lipinski definition) is 0. The molecule has 1 aromatic carbocycles. The van der Waals surface area contributed by atoms with Crippen molar-refractivity contribution in [1.29, 1.82) is 0 Å². The molecule has 3 aromatic rings. The summed E-state index contributed by atoms with van der Waals surface area (Å²) in [5, 5.41) is 0. The number of ether oxygens (including phenoxy) is 1. The Labute approximate surface area is 132 Å². The van der Waals surface area contributed by atoms with Gasteiger partial charge in [-0.15, -0.1) is 0 Å². The maximum absolute atomic E-state index is 11.8. The van der Waals surface area contributed by atoms with Crippen molar-refractivity contribution in [3.8, 4) is 11.3 Å². The Morgan fingerprint density at radius 3 is 2.70 bits per heavy atom. The molecule has 0 fully saturated rings. The average molecular weight is 310 g/mol. The number of aromatic nitrogens is 2. The van der Waals surface area contributed by atoms with Gasteiger partial charge in [0.25, 0.3) is 5.56 Å². The summed E-state index contributed by atoms with van der Waals surface area (Å²) < 4.78 is 11.9. The Morgan fingerprint density at radius 2 is 1.91 bits per heavy atom. The smallest absolute Gasteiger partial charge is 0.326 e. The van der Waals surface area contributed by atoms with Gasteiger partial charge < -0.3 is 13.7 Å². The summed E-state index contributed by atoms with van der Waals surface area (Å²) in [6.45, 7) is -0.223. The van der Waals surface area contributed by atoms with Gasteiger partial charge in [0.1, 0.15) is 6.54 Å².